The molecule has 0 amide bonds. The first-order chi connectivity index (χ1) is 18.3. The molecule has 2 aliphatic carbocycles. The monoisotopic (exact) mass is 513 g/mol. The third kappa shape index (κ3) is 3.14. The van der Waals surface area contributed by atoms with Gasteiger partial charge in [-0.05, 0) is 85.9 Å². The first-order valence-corrected chi connectivity index (χ1v) is 14.5. The van der Waals surface area contributed by atoms with Crippen LogP contribution in [0, 0.1) is 10.8 Å². The van der Waals surface area contributed by atoms with Crippen molar-refractivity contribution in [2.24, 2.45) is 10.8 Å². The lowest BCUT2D eigenvalue weighted by Gasteiger charge is -2.56. The minimum atomic E-state index is 0.0628. The van der Waals surface area contributed by atoms with Gasteiger partial charge in [0.05, 0.1) is 0 Å². The third-order valence-corrected chi connectivity index (χ3v) is 12.1. The molecule has 0 saturated carbocycles. The Kier molecular flexibility index (Phi) is 5.39. The largest absolute Gasteiger partial charge is 0.310 e. The Hall–Kier alpha value is -3.32. The van der Waals surface area contributed by atoms with Gasteiger partial charge in [-0.3, -0.25) is 0 Å². The fraction of sp³-hybridized carbons (Fsp3) is 0.368. The molecule has 1 heteroatoms. The molecule has 4 aromatic rings. The molecule has 0 saturated heterocycles. The van der Waals surface area contributed by atoms with Gasteiger partial charge < -0.3 is 4.90 Å². The van der Waals surface area contributed by atoms with Crippen molar-refractivity contribution in [1.82, 2.24) is 0 Å². The second-order valence-electron chi connectivity index (χ2n) is 14.1. The van der Waals surface area contributed by atoms with Crippen molar-refractivity contribution in [3.05, 3.63) is 114 Å². The van der Waals surface area contributed by atoms with E-state index in [4.69, 9.17) is 0 Å². The van der Waals surface area contributed by atoms with Crippen molar-refractivity contribution in [3.8, 4) is 11.1 Å². The van der Waals surface area contributed by atoms with E-state index in [-0.39, 0.29) is 27.1 Å². The summed E-state index contributed by atoms with van der Waals surface area (Å²) in [4.78, 5) is 2.35. The average molecular weight is 514 g/mol. The maximum Gasteiger partial charge on any atom is 0.0467 e. The first kappa shape index (κ1) is 25.9. The molecule has 200 valence electrons. The summed E-state index contributed by atoms with van der Waals surface area (Å²) < 4.78 is 0. The van der Waals surface area contributed by atoms with Crippen LogP contribution in [0.15, 0.2) is 97.1 Å². The summed E-state index contributed by atoms with van der Waals surface area (Å²) in [7, 11) is 0. The van der Waals surface area contributed by atoms with Crippen LogP contribution in [0.5, 0.6) is 0 Å². The van der Waals surface area contributed by atoms with Crippen molar-refractivity contribution in [2.75, 3.05) is 4.90 Å². The van der Waals surface area contributed by atoms with Crippen molar-refractivity contribution in [3.63, 3.8) is 0 Å². The third-order valence-electron chi connectivity index (χ3n) is 12.1. The summed E-state index contributed by atoms with van der Waals surface area (Å²) in [5.41, 5.74) is 11.2. The van der Waals surface area contributed by atoms with Crippen molar-refractivity contribution in [1.29, 1.82) is 0 Å². The summed E-state index contributed by atoms with van der Waals surface area (Å²) in [6, 6.07) is 35.5. The SMILES string of the molecule is CC1(C)c2cc(-c3cccc(N(c4ccccc4)c4ccccc4)c3)cc3c2C(C)(C1(C)C)C(C)(C)C3(C)C. The second-order valence-corrected chi connectivity index (χ2v) is 14.1. The molecule has 0 aromatic heterocycles. The lowest BCUT2D eigenvalue weighted by molar-refractivity contribution is -0.0105. The molecule has 0 radical (unpaired) electrons. The quantitative estimate of drug-likeness (QED) is 0.262. The zero-order valence-electron chi connectivity index (χ0n) is 25.2. The summed E-state index contributed by atoms with van der Waals surface area (Å²) >= 11 is 0. The number of benzene rings is 4. The Morgan fingerprint density at radius 2 is 0.872 bits per heavy atom. The van der Waals surface area contributed by atoms with Crippen LogP contribution < -0.4 is 4.90 Å². The Morgan fingerprint density at radius 1 is 0.436 bits per heavy atom. The van der Waals surface area contributed by atoms with Gasteiger partial charge in [-0.1, -0.05) is 123 Å². The number of rotatable bonds is 4. The van der Waals surface area contributed by atoms with Gasteiger partial charge in [-0.25, -0.2) is 0 Å². The molecule has 0 unspecified atom stereocenters. The standard InChI is InChI=1S/C38H43N/c1-34(2)31-24-27(25-32-33(31)38(9,36(34,5)6)37(7,8)35(32,3)4)26-17-16-22-30(23-26)39(28-18-12-10-13-19-28)29-20-14-11-15-21-29/h10-25H,1-9H3. The van der Waals surface area contributed by atoms with Gasteiger partial charge in [0.15, 0.2) is 0 Å². The molecule has 0 atom stereocenters. The van der Waals surface area contributed by atoms with Gasteiger partial charge >= 0.3 is 0 Å². The van der Waals surface area contributed by atoms with Crippen LogP contribution in [-0.2, 0) is 16.2 Å². The maximum absolute atomic E-state index is 2.55. The van der Waals surface area contributed by atoms with Crippen LogP contribution >= 0.6 is 0 Å². The Morgan fingerprint density at radius 3 is 1.33 bits per heavy atom. The lowest BCUT2D eigenvalue weighted by Crippen LogP contribution is -2.54. The number of nitrogens with zero attached hydrogens (tertiary/aromatic N) is 1. The Labute approximate surface area is 235 Å². The molecule has 1 nitrogen and oxygen atoms in total. The zero-order valence-corrected chi connectivity index (χ0v) is 25.2. The number of hydrogen-bond acceptors (Lipinski definition) is 1. The molecule has 0 heterocycles. The fourth-order valence-corrected chi connectivity index (χ4v) is 8.09. The van der Waals surface area contributed by atoms with E-state index < -0.39 is 0 Å². The van der Waals surface area contributed by atoms with E-state index in [0.717, 1.165) is 11.4 Å². The van der Waals surface area contributed by atoms with E-state index in [2.05, 4.69) is 164 Å². The molecule has 0 aliphatic heterocycles. The van der Waals surface area contributed by atoms with Gasteiger partial charge in [0.25, 0.3) is 0 Å². The Balaban J connectivity index is 1.57. The smallest absolute Gasteiger partial charge is 0.0467 e. The van der Waals surface area contributed by atoms with Crippen LogP contribution in [0.1, 0.15) is 79.0 Å². The van der Waals surface area contributed by atoms with E-state index in [1.54, 1.807) is 5.56 Å². The second kappa shape index (κ2) is 8.10. The van der Waals surface area contributed by atoms with Crippen molar-refractivity contribution < 1.29 is 0 Å². The highest BCUT2D eigenvalue weighted by Gasteiger charge is 2.72. The van der Waals surface area contributed by atoms with E-state index in [1.165, 1.54) is 27.9 Å². The van der Waals surface area contributed by atoms with Gasteiger partial charge in [0.1, 0.15) is 0 Å². The van der Waals surface area contributed by atoms with Gasteiger partial charge in [0.2, 0.25) is 0 Å². The molecular weight excluding hydrogens is 470 g/mol. The highest BCUT2D eigenvalue weighted by molar-refractivity contribution is 5.81. The fourth-order valence-electron chi connectivity index (χ4n) is 8.09. The maximum atomic E-state index is 2.55. The van der Waals surface area contributed by atoms with E-state index in [0.29, 0.717) is 0 Å². The highest BCUT2D eigenvalue weighted by atomic mass is 15.1. The summed E-state index contributed by atoms with van der Waals surface area (Å²) in [5.74, 6) is 0. The van der Waals surface area contributed by atoms with Crippen LogP contribution in [-0.4, -0.2) is 0 Å². The van der Waals surface area contributed by atoms with E-state index in [1.807, 2.05) is 0 Å². The Bertz CT molecular complexity index is 1460. The molecule has 4 aromatic carbocycles. The molecular formula is C38H43N. The van der Waals surface area contributed by atoms with E-state index >= 15 is 0 Å². The summed E-state index contributed by atoms with van der Waals surface area (Å²) in [6.07, 6.45) is 0. The average Bonchev–Trinajstić information content (AvgIpc) is 3.13. The molecule has 0 N–H and O–H groups in total. The molecule has 0 fully saturated rings. The molecule has 0 spiro atoms. The van der Waals surface area contributed by atoms with Crippen LogP contribution in [0.3, 0.4) is 0 Å². The number of hydrogen-bond donors (Lipinski definition) is 0. The van der Waals surface area contributed by atoms with Crippen molar-refractivity contribution in [2.45, 2.75) is 78.6 Å². The van der Waals surface area contributed by atoms with Crippen LogP contribution in [0.2, 0.25) is 0 Å². The lowest BCUT2D eigenvalue weighted by atomic mass is 9.47. The normalized spacial score (nSPS) is 20.4. The molecule has 0 bridgehead atoms. The minimum absolute atomic E-state index is 0.0628. The molecule has 6 rings (SSSR count). The van der Waals surface area contributed by atoms with Crippen molar-refractivity contribution >= 4 is 17.1 Å². The van der Waals surface area contributed by atoms with Gasteiger partial charge in [0, 0.05) is 22.5 Å². The molecule has 39 heavy (non-hydrogen) atoms. The summed E-state index contributed by atoms with van der Waals surface area (Å²) in [6.45, 7) is 22.5. The predicted octanol–water partition coefficient (Wildman–Crippen LogP) is 10.7. The number of anilines is 3. The van der Waals surface area contributed by atoms with Gasteiger partial charge in [-0.2, -0.15) is 0 Å². The number of para-hydroxylation sites is 2. The van der Waals surface area contributed by atoms with Gasteiger partial charge in [-0.15, -0.1) is 0 Å². The predicted molar refractivity (Wildman–Crippen MR) is 168 cm³/mol. The highest BCUT2D eigenvalue weighted by Crippen LogP contribution is 2.76. The minimum Gasteiger partial charge on any atom is -0.310 e. The first-order valence-electron chi connectivity index (χ1n) is 14.5. The van der Waals surface area contributed by atoms with E-state index in [9.17, 15) is 0 Å². The van der Waals surface area contributed by atoms with Crippen LogP contribution in [0.4, 0.5) is 17.1 Å². The summed E-state index contributed by atoms with van der Waals surface area (Å²) in [5, 5.41) is 0. The topological polar surface area (TPSA) is 3.24 Å². The molecule has 2 aliphatic rings. The van der Waals surface area contributed by atoms with Crippen LogP contribution in [0.25, 0.3) is 11.1 Å². The zero-order chi connectivity index (χ0) is 28.0.